The van der Waals surface area contributed by atoms with Crippen molar-refractivity contribution in [1.82, 2.24) is 19.9 Å². The Balaban J connectivity index is 1.26. The number of aromatic nitrogens is 3. The maximum absolute atomic E-state index is 12.8. The number of carbonyl (C=O) groups is 1. The van der Waals surface area contributed by atoms with E-state index in [1.165, 1.54) is 10.6 Å². The number of rotatable bonds is 3. The van der Waals surface area contributed by atoms with E-state index in [1.54, 1.807) is 35.6 Å². The number of nitrogens with zero attached hydrogens (tertiary/aromatic N) is 5. The first-order valence-corrected chi connectivity index (χ1v) is 12.6. The van der Waals surface area contributed by atoms with Crippen LogP contribution in [0.15, 0.2) is 61.1 Å². The quantitative estimate of drug-likeness (QED) is 0.639. The average molecular weight is 465 g/mol. The maximum atomic E-state index is 12.8. The molecule has 0 aliphatic carbocycles. The number of pyridine rings is 1. The third kappa shape index (κ3) is 4.02. The lowest BCUT2D eigenvalue weighted by molar-refractivity contribution is 0.172. The lowest BCUT2D eigenvalue weighted by Crippen LogP contribution is -2.49. The van der Waals surface area contributed by atoms with Gasteiger partial charge in [-0.05, 0) is 25.0 Å². The normalized spacial score (nSPS) is 17.1. The second kappa shape index (κ2) is 8.11. The summed E-state index contributed by atoms with van der Waals surface area (Å²) < 4.78 is 26.1. The Morgan fingerprint density at radius 3 is 2.42 bits per heavy atom. The van der Waals surface area contributed by atoms with E-state index in [0.717, 1.165) is 17.0 Å². The third-order valence-corrected chi connectivity index (χ3v) is 7.49. The fraction of sp³-hybridized carbons (Fsp3) is 0.304. The number of amides is 2. The number of benzene rings is 1. The number of sulfonamides is 1. The van der Waals surface area contributed by atoms with Crippen LogP contribution < -0.4 is 9.62 Å². The van der Waals surface area contributed by atoms with Crippen molar-refractivity contribution in [2.75, 3.05) is 35.5 Å². The van der Waals surface area contributed by atoms with Crippen LogP contribution in [0.5, 0.6) is 0 Å². The van der Waals surface area contributed by atoms with Crippen LogP contribution >= 0.6 is 0 Å². The Bertz CT molecular complexity index is 1270. The van der Waals surface area contributed by atoms with Gasteiger partial charge in [-0.25, -0.2) is 18.2 Å². The molecule has 4 heterocycles. The van der Waals surface area contributed by atoms with Gasteiger partial charge in [0.15, 0.2) is 5.82 Å². The Morgan fingerprint density at radius 2 is 1.76 bits per heavy atom. The molecule has 9 nitrogen and oxygen atoms in total. The summed E-state index contributed by atoms with van der Waals surface area (Å²) in [5, 5.41) is 2.81. The van der Waals surface area contributed by atoms with E-state index < -0.39 is 10.0 Å². The summed E-state index contributed by atoms with van der Waals surface area (Å²) >= 11 is 0. The van der Waals surface area contributed by atoms with Gasteiger partial charge in [-0.1, -0.05) is 30.3 Å². The zero-order valence-corrected chi connectivity index (χ0v) is 19.0. The molecular formula is C23H24N6O3S. The lowest BCUT2D eigenvalue weighted by Gasteiger charge is -2.38. The molecule has 2 aromatic heterocycles. The number of likely N-dealkylation sites (tertiary alicyclic amines) is 1. The van der Waals surface area contributed by atoms with E-state index in [4.69, 9.17) is 0 Å². The number of carbonyl (C=O) groups excluding carboxylic acids is 1. The van der Waals surface area contributed by atoms with Crippen molar-refractivity contribution in [2.45, 2.75) is 18.3 Å². The molecule has 0 radical (unpaired) electrons. The Morgan fingerprint density at radius 1 is 1.00 bits per heavy atom. The first-order chi connectivity index (χ1) is 15.9. The molecule has 1 spiro atoms. The van der Waals surface area contributed by atoms with Crippen LogP contribution in [0, 0.1) is 0 Å². The molecule has 5 rings (SSSR count). The molecule has 3 aromatic rings. The van der Waals surface area contributed by atoms with E-state index in [-0.39, 0.29) is 11.4 Å². The van der Waals surface area contributed by atoms with Crippen LogP contribution in [0.25, 0.3) is 11.3 Å². The van der Waals surface area contributed by atoms with E-state index in [2.05, 4.69) is 20.3 Å². The van der Waals surface area contributed by atoms with Crippen molar-refractivity contribution in [1.29, 1.82) is 0 Å². The summed E-state index contributed by atoms with van der Waals surface area (Å²) in [6, 6.07) is 13.0. The van der Waals surface area contributed by atoms with E-state index >= 15 is 0 Å². The van der Waals surface area contributed by atoms with Gasteiger partial charge >= 0.3 is 6.03 Å². The summed E-state index contributed by atoms with van der Waals surface area (Å²) in [7, 11) is -3.40. The second-order valence-electron chi connectivity index (χ2n) is 8.49. The highest BCUT2D eigenvalue weighted by molar-refractivity contribution is 7.92. The van der Waals surface area contributed by atoms with E-state index in [9.17, 15) is 13.2 Å². The van der Waals surface area contributed by atoms with Gasteiger partial charge in [0.05, 0.1) is 35.7 Å². The highest BCUT2D eigenvalue weighted by Crippen LogP contribution is 2.46. The standard InChI is InChI=1S/C23H24N6O3S/c1-33(31,32)29-16-23(21-19(29)8-5-11-24-21)9-12-28(13-10-23)22(30)27-20-15-25-18(14-26-20)17-6-3-2-4-7-17/h2-8,11,14-15H,9-10,12-13,16H2,1H3,(H,26,27,30). The van der Waals surface area contributed by atoms with Gasteiger partial charge < -0.3 is 4.90 Å². The largest absolute Gasteiger partial charge is 0.324 e. The molecule has 1 saturated heterocycles. The predicted molar refractivity (Wildman–Crippen MR) is 125 cm³/mol. The lowest BCUT2D eigenvalue weighted by atomic mass is 9.77. The smallest absolute Gasteiger partial charge is 0.323 e. The van der Waals surface area contributed by atoms with Crippen molar-refractivity contribution in [3.63, 3.8) is 0 Å². The van der Waals surface area contributed by atoms with Crippen molar-refractivity contribution in [3.05, 3.63) is 66.7 Å². The van der Waals surface area contributed by atoms with Gasteiger partial charge in [-0.3, -0.25) is 19.6 Å². The Hall–Kier alpha value is -3.53. The SMILES string of the molecule is CS(=O)(=O)N1CC2(CCN(C(=O)Nc3cnc(-c4ccccc4)cn3)CC2)c2ncccc21. The first-order valence-electron chi connectivity index (χ1n) is 10.7. The van der Waals surface area contributed by atoms with Crippen molar-refractivity contribution >= 4 is 27.6 Å². The minimum atomic E-state index is -3.40. The molecule has 1 fully saturated rings. The third-order valence-electron chi connectivity index (χ3n) is 6.37. The predicted octanol–water partition coefficient (Wildman–Crippen LogP) is 2.88. The highest BCUT2D eigenvalue weighted by atomic mass is 32.2. The van der Waals surface area contributed by atoms with Gasteiger partial charge in [0.25, 0.3) is 0 Å². The van der Waals surface area contributed by atoms with E-state index in [1.807, 2.05) is 30.3 Å². The van der Waals surface area contributed by atoms with Gasteiger partial charge in [0, 0.05) is 36.8 Å². The first kappa shape index (κ1) is 21.3. The number of fused-ring (bicyclic) bond motifs is 2. The van der Waals surface area contributed by atoms with Crippen LogP contribution in [0.1, 0.15) is 18.5 Å². The summed E-state index contributed by atoms with van der Waals surface area (Å²) in [5.41, 5.74) is 2.76. The van der Waals surface area contributed by atoms with Crippen LogP contribution in [0.3, 0.4) is 0 Å². The van der Waals surface area contributed by atoms with Gasteiger partial charge in [-0.15, -0.1) is 0 Å². The fourth-order valence-corrected chi connectivity index (χ4v) is 5.60. The molecule has 1 N–H and O–H groups in total. The van der Waals surface area contributed by atoms with Crippen molar-refractivity contribution in [3.8, 4) is 11.3 Å². The van der Waals surface area contributed by atoms with Gasteiger partial charge in [0.2, 0.25) is 10.0 Å². The number of urea groups is 1. The number of nitrogens with one attached hydrogen (secondary N) is 1. The zero-order valence-electron chi connectivity index (χ0n) is 18.2. The number of hydrogen-bond acceptors (Lipinski definition) is 6. The Labute approximate surface area is 192 Å². The molecule has 0 bridgehead atoms. The minimum Gasteiger partial charge on any atom is -0.324 e. The molecule has 1 aromatic carbocycles. The molecule has 2 aliphatic rings. The topological polar surface area (TPSA) is 108 Å². The average Bonchev–Trinajstić information content (AvgIpc) is 3.15. The molecule has 0 saturated carbocycles. The summed E-state index contributed by atoms with van der Waals surface area (Å²) in [6.07, 6.45) is 7.37. The molecule has 0 unspecified atom stereocenters. The van der Waals surface area contributed by atoms with Crippen LogP contribution in [-0.4, -0.2) is 60.2 Å². The molecular weight excluding hydrogens is 440 g/mol. The molecule has 0 atom stereocenters. The maximum Gasteiger partial charge on any atom is 0.323 e. The molecule has 2 amide bonds. The number of anilines is 2. The van der Waals surface area contributed by atoms with Crippen LogP contribution in [-0.2, 0) is 15.4 Å². The van der Waals surface area contributed by atoms with Gasteiger partial charge in [0.1, 0.15) is 0 Å². The van der Waals surface area contributed by atoms with Crippen molar-refractivity contribution < 1.29 is 13.2 Å². The summed E-state index contributed by atoms with van der Waals surface area (Å²) in [4.78, 5) is 27.8. The molecule has 2 aliphatic heterocycles. The second-order valence-corrected chi connectivity index (χ2v) is 10.4. The van der Waals surface area contributed by atoms with Crippen molar-refractivity contribution in [2.24, 2.45) is 0 Å². The van der Waals surface area contributed by atoms with Crippen LogP contribution in [0.4, 0.5) is 16.3 Å². The van der Waals surface area contributed by atoms with E-state index in [0.29, 0.717) is 44.0 Å². The van der Waals surface area contributed by atoms with Crippen LogP contribution in [0.2, 0.25) is 0 Å². The number of piperidine rings is 1. The molecule has 10 heteroatoms. The number of hydrogen-bond donors (Lipinski definition) is 1. The Kier molecular flexibility index (Phi) is 5.24. The van der Waals surface area contributed by atoms with Gasteiger partial charge in [-0.2, -0.15) is 0 Å². The monoisotopic (exact) mass is 464 g/mol. The summed E-state index contributed by atoms with van der Waals surface area (Å²) in [5.74, 6) is 0.385. The molecule has 33 heavy (non-hydrogen) atoms. The summed E-state index contributed by atoms with van der Waals surface area (Å²) in [6.45, 7) is 1.35. The highest BCUT2D eigenvalue weighted by Gasteiger charge is 2.48. The molecule has 170 valence electrons. The minimum absolute atomic E-state index is 0.245. The fourth-order valence-electron chi connectivity index (χ4n) is 4.61. The zero-order chi connectivity index (χ0) is 23.1.